The van der Waals surface area contributed by atoms with E-state index in [1.807, 2.05) is 18.7 Å². The fraction of sp³-hybridized carbons (Fsp3) is 0.391. The van der Waals surface area contributed by atoms with Crippen molar-refractivity contribution in [3.63, 3.8) is 0 Å². The minimum absolute atomic E-state index is 0.0404. The minimum Gasteiger partial charge on any atom is -0.489 e. The molecule has 1 aliphatic heterocycles. The molecule has 1 aliphatic rings. The lowest BCUT2D eigenvalue weighted by molar-refractivity contribution is -0.135. The van der Waals surface area contributed by atoms with Crippen LogP contribution in [0.5, 0.6) is 5.75 Å². The Morgan fingerprint density at radius 2 is 1.90 bits per heavy atom. The van der Waals surface area contributed by atoms with Crippen LogP contribution in [0.4, 0.5) is 4.39 Å². The Morgan fingerprint density at radius 1 is 1.17 bits per heavy atom. The van der Waals surface area contributed by atoms with E-state index in [9.17, 15) is 14.0 Å². The van der Waals surface area contributed by atoms with Crippen LogP contribution in [-0.4, -0.2) is 35.8 Å². The highest BCUT2D eigenvalue weighted by molar-refractivity contribution is 5.94. The van der Waals surface area contributed by atoms with Crippen LogP contribution in [0.3, 0.4) is 0 Å². The van der Waals surface area contributed by atoms with Crippen LogP contribution >= 0.6 is 0 Å². The Labute approximate surface area is 170 Å². The largest absolute Gasteiger partial charge is 0.489 e. The number of hydrogen-bond acceptors (Lipinski definition) is 3. The number of amides is 2. The maximum atomic E-state index is 13.6. The maximum Gasteiger partial charge on any atom is 0.251 e. The van der Waals surface area contributed by atoms with Crippen molar-refractivity contribution in [2.75, 3.05) is 13.1 Å². The highest BCUT2D eigenvalue weighted by Gasteiger charge is 2.26. The summed E-state index contributed by atoms with van der Waals surface area (Å²) >= 11 is 0. The van der Waals surface area contributed by atoms with Crippen LogP contribution < -0.4 is 10.1 Å². The number of likely N-dealkylation sites (tertiary alicyclic amines) is 1. The predicted octanol–water partition coefficient (Wildman–Crippen LogP) is 3.78. The summed E-state index contributed by atoms with van der Waals surface area (Å²) in [5.41, 5.74) is 1.00. The number of hydrogen-bond donors (Lipinski definition) is 1. The number of halogens is 1. The minimum atomic E-state index is -0.305. The van der Waals surface area contributed by atoms with Crippen LogP contribution in [0.25, 0.3) is 0 Å². The molecular weight excluding hydrogens is 371 g/mol. The zero-order valence-electron chi connectivity index (χ0n) is 16.9. The zero-order chi connectivity index (χ0) is 20.8. The number of nitrogens with zero attached hydrogens (tertiary/aromatic N) is 1. The van der Waals surface area contributed by atoms with Gasteiger partial charge in [-0.05, 0) is 43.2 Å². The molecule has 0 spiro atoms. The Balaban J connectivity index is 1.53. The summed E-state index contributed by atoms with van der Waals surface area (Å²) in [4.78, 5) is 26.6. The molecule has 154 valence electrons. The van der Waals surface area contributed by atoms with Gasteiger partial charge in [0.1, 0.15) is 18.2 Å². The van der Waals surface area contributed by atoms with Gasteiger partial charge in [0.15, 0.2) is 0 Å². The molecule has 0 aromatic heterocycles. The lowest BCUT2D eigenvalue weighted by Gasteiger charge is -2.34. The third-order valence-electron chi connectivity index (χ3n) is 5.03. The lowest BCUT2D eigenvalue weighted by Crippen LogP contribution is -2.50. The van der Waals surface area contributed by atoms with E-state index in [2.05, 4.69) is 5.32 Å². The maximum absolute atomic E-state index is 13.6. The second-order valence-corrected chi connectivity index (χ2v) is 7.66. The van der Waals surface area contributed by atoms with Gasteiger partial charge in [0.2, 0.25) is 5.91 Å². The molecule has 1 atom stereocenters. The summed E-state index contributed by atoms with van der Waals surface area (Å²) in [6, 6.07) is 13.2. The quantitative estimate of drug-likeness (QED) is 0.806. The van der Waals surface area contributed by atoms with Crippen LogP contribution in [0.15, 0.2) is 48.5 Å². The Kier molecular flexibility index (Phi) is 6.86. The molecule has 6 heteroatoms. The zero-order valence-corrected chi connectivity index (χ0v) is 16.9. The molecule has 5 nitrogen and oxygen atoms in total. The molecule has 0 radical (unpaired) electrons. The van der Waals surface area contributed by atoms with E-state index in [0.717, 1.165) is 19.4 Å². The van der Waals surface area contributed by atoms with Crippen molar-refractivity contribution in [1.82, 2.24) is 10.2 Å². The molecule has 1 N–H and O–H groups in total. The number of nitrogens with one attached hydrogen (secondary N) is 1. The monoisotopic (exact) mass is 398 g/mol. The summed E-state index contributed by atoms with van der Waals surface area (Å²) in [5, 5.41) is 3.02. The standard InChI is InChI=1S/C23H27FN2O3/c1-16(2)23(28)26-13-5-7-19(14-26)25-22(27)17-9-11-20(12-10-17)29-15-18-6-3-4-8-21(18)24/h3-4,6,8-12,16,19H,5,7,13-15H2,1-2H3,(H,25,27). The van der Waals surface area contributed by atoms with Crippen molar-refractivity contribution in [1.29, 1.82) is 0 Å². The first-order valence-electron chi connectivity index (χ1n) is 10.00. The van der Waals surface area contributed by atoms with Gasteiger partial charge in [-0.1, -0.05) is 32.0 Å². The average molecular weight is 398 g/mol. The van der Waals surface area contributed by atoms with Gasteiger partial charge < -0.3 is 15.0 Å². The Bertz CT molecular complexity index is 851. The molecule has 0 bridgehead atoms. The summed E-state index contributed by atoms with van der Waals surface area (Å²) < 4.78 is 19.3. The van der Waals surface area contributed by atoms with Crippen molar-refractivity contribution in [3.05, 3.63) is 65.5 Å². The second-order valence-electron chi connectivity index (χ2n) is 7.66. The van der Waals surface area contributed by atoms with Crippen LogP contribution in [0, 0.1) is 11.7 Å². The third-order valence-corrected chi connectivity index (χ3v) is 5.03. The van der Waals surface area contributed by atoms with Crippen molar-refractivity contribution >= 4 is 11.8 Å². The first-order valence-corrected chi connectivity index (χ1v) is 10.00. The van der Waals surface area contributed by atoms with Gasteiger partial charge in [0.25, 0.3) is 5.91 Å². The lowest BCUT2D eigenvalue weighted by atomic mass is 10.0. The van der Waals surface area contributed by atoms with E-state index in [-0.39, 0.29) is 36.2 Å². The van der Waals surface area contributed by atoms with Crippen LogP contribution in [0.1, 0.15) is 42.6 Å². The molecular formula is C23H27FN2O3. The number of piperidine rings is 1. The van der Waals surface area contributed by atoms with E-state index in [1.54, 1.807) is 42.5 Å². The van der Waals surface area contributed by atoms with Gasteiger partial charge in [0, 0.05) is 36.2 Å². The first kappa shape index (κ1) is 20.8. The topological polar surface area (TPSA) is 58.6 Å². The van der Waals surface area contributed by atoms with Gasteiger partial charge in [-0.15, -0.1) is 0 Å². The fourth-order valence-corrected chi connectivity index (χ4v) is 3.41. The van der Waals surface area contributed by atoms with Crippen molar-refractivity contribution in [2.45, 2.75) is 39.3 Å². The second kappa shape index (κ2) is 9.54. The smallest absolute Gasteiger partial charge is 0.251 e. The number of benzene rings is 2. The highest BCUT2D eigenvalue weighted by Crippen LogP contribution is 2.17. The molecule has 1 saturated heterocycles. The molecule has 2 amide bonds. The van der Waals surface area contributed by atoms with Gasteiger partial charge in [0.05, 0.1) is 0 Å². The number of ether oxygens (including phenoxy) is 1. The Morgan fingerprint density at radius 3 is 2.59 bits per heavy atom. The highest BCUT2D eigenvalue weighted by atomic mass is 19.1. The summed E-state index contributed by atoms with van der Waals surface area (Å²) in [6.45, 7) is 5.20. The van der Waals surface area contributed by atoms with Crippen molar-refractivity contribution in [2.24, 2.45) is 5.92 Å². The number of carbonyl (C=O) groups excluding carboxylic acids is 2. The van der Waals surface area contributed by atoms with E-state index in [1.165, 1.54) is 6.07 Å². The van der Waals surface area contributed by atoms with E-state index >= 15 is 0 Å². The molecule has 2 aromatic carbocycles. The predicted molar refractivity (Wildman–Crippen MR) is 109 cm³/mol. The molecule has 0 saturated carbocycles. The normalized spacial score (nSPS) is 16.6. The summed E-state index contributed by atoms with van der Waals surface area (Å²) in [6.07, 6.45) is 1.74. The molecule has 1 fully saturated rings. The van der Waals surface area contributed by atoms with Gasteiger partial charge in [-0.2, -0.15) is 0 Å². The number of rotatable bonds is 6. The van der Waals surface area contributed by atoms with Gasteiger partial charge in [-0.3, -0.25) is 9.59 Å². The van der Waals surface area contributed by atoms with E-state index < -0.39 is 0 Å². The average Bonchev–Trinajstić information content (AvgIpc) is 2.73. The SMILES string of the molecule is CC(C)C(=O)N1CCCC(NC(=O)c2ccc(OCc3ccccc3F)cc2)C1. The van der Waals surface area contributed by atoms with Crippen LogP contribution in [0.2, 0.25) is 0 Å². The van der Waals surface area contributed by atoms with E-state index in [0.29, 0.717) is 23.4 Å². The van der Waals surface area contributed by atoms with Crippen molar-refractivity contribution in [3.8, 4) is 5.75 Å². The van der Waals surface area contributed by atoms with Gasteiger partial charge in [-0.25, -0.2) is 4.39 Å². The van der Waals surface area contributed by atoms with Crippen LogP contribution in [-0.2, 0) is 11.4 Å². The molecule has 1 unspecified atom stereocenters. The molecule has 29 heavy (non-hydrogen) atoms. The van der Waals surface area contributed by atoms with Crippen molar-refractivity contribution < 1.29 is 18.7 Å². The van der Waals surface area contributed by atoms with E-state index in [4.69, 9.17) is 4.74 Å². The number of carbonyl (C=O) groups is 2. The Hall–Kier alpha value is -2.89. The van der Waals surface area contributed by atoms with Gasteiger partial charge >= 0.3 is 0 Å². The fourth-order valence-electron chi connectivity index (χ4n) is 3.41. The summed E-state index contributed by atoms with van der Waals surface area (Å²) in [5.74, 6) is 0.174. The summed E-state index contributed by atoms with van der Waals surface area (Å²) in [7, 11) is 0. The molecule has 0 aliphatic carbocycles. The molecule has 1 heterocycles. The molecule has 3 rings (SSSR count). The first-order chi connectivity index (χ1) is 13.9. The third kappa shape index (κ3) is 5.56. The molecule has 2 aromatic rings.